The zero-order valence-corrected chi connectivity index (χ0v) is 9.83. The van der Waals surface area contributed by atoms with Gasteiger partial charge in [-0.3, -0.25) is 4.79 Å². The van der Waals surface area contributed by atoms with E-state index in [-0.39, 0.29) is 5.91 Å². The molecule has 1 aliphatic rings. The van der Waals surface area contributed by atoms with E-state index in [1.54, 1.807) is 12.3 Å². The number of rotatable bonds is 1. The predicted octanol–water partition coefficient (Wildman–Crippen LogP) is 0.889. The van der Waals surface area contributed by atoms with Crippen LogP contribution in [0.5, 0.6) is 0 Å². The molecular weight excluding hydrogens is 258 g/mol. The molecule has 1 aliphatic heterocycles. The van der Waals surface area contributed by atoms with Gasteiger partial charge in [0.05, 0.1) is 0 Å². The normalized spacial score (nSPS) is 16.5. The van der Waals surface area contributed by atoms with Crippen molar-refractivity contribution >= 4 is 21.8 Å². The lowest BCUT2D eigenvalue weighted by molar-refractivity contribution is 0.0729. The molecule has 0 atom stereocenters. The molecule has 1 aromatic heterocycles. The fraction of sp³-hybridized carbons (Fsp3) is 0.400. The SMILES string of the molecule is O=C(c1ncccc1Br)N1CCNCC1. The molecule has 0 aromatic carbocycles. The van der Waals surface area contributed by atoms with Crippen LogP contribution < -0.4 is 5.32 Å². The number of nitrogens with one attached hydrogen (secondary N) is 1. The van der Waals surface area contributed by atoms with Gasteiger partial charge in [-0.15, -0.1) is 0 Å². The van der Waals surface area contributed by atoms with Crippen LogP contribution in [0.1, 0.15) is 10.5 Å². The Bertz CT molecular complexity index is 363. The van der Waals surface area contributed by atoms with E-state index in [2.05, 4.69) is 26.2 Å². The monoisotopic (exact) mass is 269 g/mol. The van der Waals surface area contributed by atoms with Gasteiger partial charge in [-0.2, -0.15) is 0 Å². The molecule has 0 aliphatic carbocycles. The van der Waals surface area contributed by atoms with Gasteiger partial charge in [0.15, 0.2) is 0 Å². The van der Waals surface area contributed by atoms with E-state index in [4.69, 9.17) is 0 Å². The summed E-state index contributed by atoms with van der Waals surface area (Å²) in [5.74, 6) is 0.00368. The first kappa shape index (κ1) is 10.6. The number of aromatic nitrogens is 1. The molecule has 15 heavy (non-hydrogen) atoms. The Morgan fingerprint density at radius 3 is 2.87 bits per heavy atom. The molecule has 0 bridgehead atoms. The third kappa shape index (κ3) is 2.35. The first-order valence-corrected chi connectivity index (χ1v) is 5.69. The number of carbonyl (C=O) groups is 1. The molecule has 2 rings (SSSR count). The Hall–Kier alpha value is -0.940. The number of carbonyl (C=O) groups excluding carboxylic acids is 1. The van der Waals surface area contributed by atoms with Crippen molar-refractivity contribution < 1.29 is 4.79 Å². The summed E-state index contributed by atoms with van der Waals surface area (Å²) in [6.45, 7) is 3.22. The first-order valence-electron chi connectivity index (χ1n) is 4.89. The second kappa shape index (κ2) is 4.72. The molecule has 0 radical (unpaired) electrons. The molecule has 0 saturated carbocycles. The summed E-state index contributed by atoms with van der Waals surface area (Å²) in [5.41, 5.74) is 0.499. The summed E-state index contributed by atoms with van der Waals surface area (Å²) in [5, 5.41) is 3.21. The molecule has 1 amide bonds. The number of halogens is 1. The van der Waals surface area contributed by atoms with Crippen LogP contribution in [0, 0.1) is 0 Å². The van der Waals surface area contributed by atoms with Crippen molar-refractivity contribution in [3.63, 3.8) is 0 Å². The minimum absolute atomic E-state index is 0.00368. The Morgan fingerprint density at radius 1 is 1.47 bits per heavy atom. The van der Waals surface area contributed by atoms with Crippen molar-refractivity contribution in [3.8, 4) is 0 Å². The van der Waals surface area contributed by atoms with Gasteiger partial charge in [-0.1, -0.05) is 0 Å². The van der Waals surface area contributed by atoms with Crippen LogP contribution in [0.15, 0.2) is 22.8 Å². The largest absolute Gasteiger partial charge is 0.335 e. The number of nitrogens with zero attached hydrogens (tertiary/aromatic N) is 2. The number of pyridine rings is 1. The Balaban J connectivity index is 2.16. The van der Waals surface area contributed by atoms with Crippen LogP contribution in [0.4, 0.5) is 0 Å². The standard InChI is InChI=1S/C10H12BrN3O/c11-8-2-1-3-13-9(8)10(15)14-6-4-12-5-7-14/h1-3,12H,4-7H2. The van der Waals surface area contributed by atoms with Crippen LogP contribution >= 0.6 is 15.9 Å². The lowest BCUT2D eigenvalue weighted by Gasteiger charge is -2.27. The van der Waals surface area contributed by atoms with Crippen LogP contribution in [0.25, 0.3) is 0 Å². The zero-order valence-electron chi connectivity index (χ0n) is 8.24. The highest BCUT2D eigenvalue weighted by Crippen LogP contribution is 2.15. The molecule has 0 unspecified atom stereocenters. The van der Waals surface area contributed by atoms with Gasteiger partial charge in [0.2, 0.25) is 0 Å². The van der Waals surface area contributed by atoms with Crippen molar-refractivity contribution in [2.45, 2.75) is 0 Å². The smallest absolute Gasteiger partial charge is 0.273 e. The number of piperazine rings is 1. The Morgan fingerprint density at radius 2 is 2.20 bits per heavy atom. The summed E-state index contributed by atoms with van der Waals surface area (Å²) < 4.78 is 0.758. The number of hydrogen-bond donors (Lipinski definition) is 1. The second-order valence-electron chi connectivity index (χ2n) is 3.38. The Kier molecular flexibility index (Phi) is 3.33. The predicted molar refractivity (Wildman–Crippen MR) is 60.7 cm³/mol. The minimum atomic E-state index is 0.00368. The van der Waals surface area contributed by atoms with E-state index in [1.807, 2.05) is 11.0 Å². The van der Waals surface area contributed by atoms with Crippen LogP contribution in [0.3, 0.4) is 0 Å². The van der Waals surface area contributed by atoms with Crippen LogP contribution in [-0.4, -0.2) is 42.0 Å². The molecular formula is C10H12BrN3O. The summed E-state index contributed by atoms with van der Waals surface area (Å²) in [4.78, 5) is 17.9. The minimum Gasteiger partial charge on any atom is -0.335 e. The van der Waals surface area contributed by atoms with Gasteiger partial charge in [-0.25, -0.2) is 4.98 Å². The van der Waals surface area contributed by atoms with Gasteiger partial charge < -0.3 is 10.2 Å². The maximum Gasteiger partial charge on any atom is 0.273 e. The fourth-order valence-electron chi connectivity index (χ4n) is 1.56. The maximum atomic E-state index is 12.0. The molecule has 2 heterocycles. The van der Waals surface area contributed by atoms with Crippen LogP contribution in [-0.2, 0) is 0 Å². The molecule has 5 heteroatoms. The molecule has 4 nitrogen and oxygen atoms in total. The van der Waals surface area contributed by atoms with Crippen molar-refractivity contribution in [2.75, 3.05) is 26.2 Å². The zero-order chi connectivity index (χ0) is 10.7. The quantitative estimate of drug-likeness (QED) is 0.824. The fourth-order valence-corrected chi connectivity index (χ4v) is 1.99. The molecule has 1 aromatic rings. The van der Waals surface area contributed by atoms with E-state index < -0.39 is 0 Å². The van der Waals surface area contributed by atoms with E-state index in [1.165, 1.54) is 0 Å². The molecule has 80 valence electrons. The van der Waals surface area contributed by atoms with E-state index >= 15 is 0 Å². The van der Waals surface area contributed by atoms with Crippen molar-refractivity contribution in [2.24, 2.45) is 0 Å². The van der Waals surface area contributed by atoms with Crippen LogP contribution in [0.2, 0.25) is 0 Å². The summed E-state index contributed by atoms with van der Waals surface area (Å²) in [6.07, 6.45) is 1.64. The summed E-state index contributed by atoms with van der Waals surface area (Å²) in [7, 11) is 0. The average Bonchev–Trinajstić information content (AvgIpc) is 2.30. The number of amides is 1. The van der Waals surface area contributed by atoms with E-state index in [0.29, 0.717) is 5.69 Å². The molecule has 1 saturated heterocycles. The third-order valence-electron chi connectivity index (χ3n) is 2.37. The Labute approximate surface area is 96.8 Å². The van der Waals surface area contributed by atoms with Gasteiger partial charge >= 0.3 is 0 Å². The molecule has 1 fully saturated rings. The third-order valence-corrected chi connectivity index (χ3v) is 3.01. The van der Waals surface area contributed by atoms with Gasteiger partial charge in [0.25, 0.3) is 5.91 Å². The summed E-state index contributed by atoms with van der Waals surface area (Å²) >= 11 is 3.34. The first-order chi connectivity index (χ1) is 7.29. The van der Waals surface area contributed by atoms with Gasteiger partial charge in [-0.05, 0) is 28.1 Å². The van der Waals surface area contributed by atoms with E-state index in [0.717, 1.165) is 30.7 Å². The highest BCUT2D eigenvalue weighted by molar-refractivity contribution is 9.10. The lowest BCUT2D eigenvalue weighted by Crippen LogP contribution is -2.46. The second-order valence-corrected chi connectivity index (χ2v) is 4.23. The molecule has 0 spiro atoms. The van der Waals surface area contributed by atoms with E-state index in [9.17, 15) is 4.79 Å². The van der Waals surface area contributed by atoms with Crippen molar-refractivity contribution in [1.82, 2.24) is 15.2 Å². The van der Waals surface area contributed by atoms with Gasteiger partial charge in [0, 0.05) is 36.8 Å². The maximum absolute atomic E-state index is 12.0. The van der Waals surface area contributed by atoms with Crippen molar-refractivity contribution in [1.29, 1.82) is 0 Å². The topological polar surface area (TPSA) is 45.2 Å². The van der Waals surface area contributed by atoms with Gasteiger partial charge in [0.1, 0.15) is 5.69 Å². The number of hydrogen-bond acceptors (Lipinski definition) is 3. The lowest BCUT2D eigenvalue weighted by atomic mass is 10.3. The van der Waals surface area contributed by atoms with Crippen molar-refractivity contribution in [3.05, 3.63) is 28.5 Å². The highest BCUT2D eigenvalue weighted by atomic mass is 79.9. The molecule has 1 N–H and O–H groups in total. The summed E-state index contributed by atoms with van der Waals surface area (Å²) in [6, 6.07) is 3.64. The highest BCUT2D eigenvalue weighted by Gasteiger charge is 2.20. The average molecular weight is 270 g/mol.